The van der Waals surface area contributed by atoms with E-state index in [9.17, 15) is 0 Å². The maximum atomic E-state index is 5.84. The first-order valence-corrected chi connectivity index (χ1v) is 6.62. The Labute approximate surface area is 115 Å². The van der Waals surface area contributed by atoms with Crippen molar-refractivity contribution in [1.29, 1.82) is 0 Å². The molecule has 0 fully saturated rings. The fourth-order valence-electron chi connectivity index (χ4n) is 1.68. The van der Waals surface area contributed by atoms with Crippen LogP contribution in [0.15, 0.2) is 22.7 Å². The zero-order valence-electron chi connectivity index (χ0n) is 10.6. The smallest absolute Gasteiger partial charge is 0.182 e. The summed E-state index contributed by atoms with van der Waals surface area (Å²) >= 11 is 3.43. The number of anilines is 1. The quantitative estimate of drug-likeness (QED) is 0.885. The summed E-state index contributed by atoms with van der Waals surface area (Å²) in [4.78, 5) is 0. The van der Waals surface area contributed by atoms with E-state index in [1.165, 1.54) is 0 Å². The van der Waals surface area contributed by atoms with Gasteiger partial charge in [0.15, 0.2) is 5.82 Å². The molecule has 2 rings (SSSR count). The third kappa shape index (κ3) is 2.53. The predicted molar refractivity (Wildman–Crippen MR) is 74.9 cm³/mol. The lowest BCUT2D eigenvalue weighted by atomic mass is 10.1. The number of nitrogens with zero attached hydrogens (tertiary/aromatic N) is 4. The molecule has 1 atom stereocenters. The van der Waals surface area contributed by atoms with E-state index < -0.39 is 0 Å². The van der Waals surface area contributed by atoms with E-state index in [1.807, 2.05) is 22.9 Å². The van der Waals surface area contributed by atoms with Gasteiger partial charge in [-0.25, -0.2) is 4.68 Å². The van der Waals surface area contributed by atoms with Gasteiger partial charge in [-0.15, -0.1) is 5.10 Å². The summed E-state index contributed by atoms with van der Waals surface area (Å²) < 4.78 is 2.76. The van der Waals surface area contributed by atoms with Gasteiger partial charge in [-0.1, -0.05) is 29.8 Å². The summed E-state index contributed by atoms with van der Waals surface area (Å²) in [6.45, 7) is 6.39. The lowest BCUT2D eigenvalue weighted by molar-refractivity contribution is 0.371. The Hall–Kier alpha value is -1.43. The molecular formula is C12H16BrN5. The van der Waals surface area contributed by atoms with Gasteiger partial charge < -0.3 is 5.73 Å². The third-order valence-corrected chi connectivity index (χ3v) is 3.48. The van der Waals surface area contributed by atoms with Crippen LogP contribution in [0, 0.1) is 5.92 Å². The molecule has 0 saturated heterocycles. The highest BCUT2D eigenvalue weighted by atomic mass is 79.9. The van der Waals surface area contributed by atoms with Crippen LogP contribution in [-0.4, -0.2) is 20.2 Å². The molecule has 0 aliphatic heterocycles. The molecular weight excluding hydrogens is 294 g/mol. The minimum absolute atomic E-state index is 0.232. The second-order valence-electron chi connectivity index (χ2n) is 4.70. The van der Waals surface area contributed by atoms with Crippen molar-refractivity contribution in [3.8, 4) is 11.4 Å². The summed E-state index contributed by atoms with van der Waals surface area (Å²) in [6.07, 6.45) is 0. The predicted octanol–water partition coefficient (Wildman–Crippen LogP) is 2.90. The molecule has 1 aromatic heterocycles. The highest BCUT2D eigenvalue weighted by Gasteiger charge is 2.17. The van der Waals surface area contributed by atoms with Crippen molar-refractivity contribution in [2.75, 3.05) is 5.73 Å². The second-order valence-corrected chi connectivity index (χ2v) is 5.62. The first kappa shape index (κ1) is 13.0. The van der Waals surface area contributed by atoms with Crippen molar-refractivity contribution in [2.45, 2.75) is 26.8 Å². The van der Waals surface area contributed by atoms with Gasteiger partial charge >= 0.3 is 0 Å². The molecule has 1 aromatic carbocycles. The van der Waals surface area contributed by atoms with Crippen molar-refractivity contribution in [2.24, 2.45) is 5.92 Å². The summed E-state index contributed by atoms with van der Waals surface area (Å²) in [5, 5.41) is 11.9. The Kier molecular flexibility index (Phi) is 3.65. The lowest BCUT2D eigenvalue weighted by Crippen LogP contribution is -2.14. The molecule has 0 spiro atoms. The maximum absolute atomic E-state index is 5.84. The van der Waals surface area contributed by atoms with Gasteiger partial charge in [0.25, 0.3) is 0 Å². The molecule has 0 bridgehead atoms. The fraction of sp³-hybridized carbons (Fsp3) is 0.417. The minimum atomic E-state index is 0.232. The van der Waals surface area contributed by atoms with Crippen molar-refractivity contribution < 1.29 is 0 Å². The maximum Gasteiger partial charge on any atom is 0.182 e. The number of rotatable bonds is 3. The number of nitrogens with two attached hydrogens (primary N) is 1. The van der Waals surface area contributed by atoms with Gasteiger partial charge in [0.1, 0.15) is 0 Å². The van der Waals surface area contributed by atoms with E-state index in [2.05, 4.69) is 52.2 Å². The molecule has 1 heterocycles. The molecule has 2 N–H and O–H groups in total. The monoisotopic (exact) mass is 309 g/mol. The van der Waals surface area contributed by atoms with Crippen LogP contribution in [0.1, 0.15) is 26.8 Å². The van der Waals surface area contributed by atoms with E-state index in [1.54, 1.807) is 0 Å². The summed E-state index contributed by atoms with van der Waals surface area (Å²) in [5.74, 6) is 1.20. The number of aromatic nitrogens is 4. The SMILES string of the molecule is CC(C)C(C)n1nnnc1-c1cc(N)cc(Br)c1. The molecule has 0 amide bonds. The van der Waals surface area contributed by atoms with E-state index >= 15 is 0 Å². The van der Waals surface area contributed by atoms with Crippen molar-refractivity contribution in [1.82, 2.24) is 20.2 Å². The third-order valence-electron chi connectivity index (χ3n) is 3.02. The second kappa shape index (κ2) is 5.06. The van der Waals surface area contributed by atoms with E-state index in [-0.39, 0.29) is 6.04 Å². The van der Waals surface area contributed by atoms with Crippen LogP contribution in [-0.2, 0) is 0 Å². The molecule has 0 aliphatic carbocycles. The summed E-state index contributed by atoms with van der Waals surface area (Å²) in [7, 11) is 0. The summed E-state index contributed by atoms with van der Waals surface area (Å²) in [5.41, 5.74) is 7.45. The zero-order chi connectivity index (χ0) is 13.3. The first-order valence-electron chi connectivity index (χ1n) is 5.83. The number of benzene rings is 1. The topological polar surface area (TPSA) is 69.6 Å². The highest BCUT2D eigenvalue weighted by Crippen LogP contribution is 2.27. The molecule has 0 aliphatic rings. The van der Waals surface area contributed by atoms with Gasteiger partial charge in [0, 0.05) is 15.7 Å². The molecule has 6 heteroatoms. The van der Waals surface area contributed by atoms with Gasteiger partial charge in [-0.05, 0) is 41.5 Å². The van der Waals surface area contributed by atoms with Crippen LogP contribution in [0.5, 0.6) is 0 Å². The fourth-order valence-corrected chi connectivity index (χ4v) is 2.19. The normalized spacial score (nSPS) is 12.9. The number of nitrogen functional groups attached to an aromatic ring is 1. The standard InChI is InChI=1S/C12H16BrN5/c1-7(2)8(3)18-12(15-16-17-18)9-4-10(13)6-11(14)5-9/h4-8H,14H2,1-3H3. The van der Waals surface area contributed by atoms with Gasteiger partial charge in [-0.2, -0.15) is 0 Å². The van der Waals surface area contributed by atoms with Gasteiger partial charge in [-0.3, -0.25) is 0 Å². The Balaban J connectivity index is 2.48. The average Bonchev–Trinajstić information content (AvgIpc) is 2.75. The van der Waals surface area contributed by atoms with E-state index in [0.717, 1.165) is 15.9 Å². The van der Waals surface area contributed by atoms with Crippen LogP contribution < -0.4 is 5.73 Å². The lowest BCUT2D eigenvalue weighted by Gasteiger charge is -2.17. The number of halogens is 1. The van der Waals surface area contributed by atoms with Crippen LogP contribution in [0.3, 0.4) is 0 Å². The largest absolute Gasteiger partial charge is 0.399 e. The van der Waals surface area contributed by atoms with Gasteiger partial charge in [0.05, 0.1) is 6.04 Å². The molecule has 2 aromatic rings. The molecule has 0 saturated carbocycles. The Morgan fingerprint density at radius 2 is 1.94 bits per heavy atom. The van der Waals surface area contributed by atoms with Crippen LogP contribution >= 0.6 is 15.9 Å². The van der Waals surface area contributed by atoms with Crippen molar-refractivity contribution in [3.05, 3.63) is 22.7 Å². The molecule has 18 heavy (non-hydrogen) atoms. The Bertz CT molecular complexity index is 529. The molecule has 5 nitrogen and oxygen atoms in total. The number of tetrazole rings is 1. The average molecular weight is 310 g/mol. The summed E-state index contributed by atoms with van der Waals surface area (Å²) in [6, 6.07) is 5.92. The van der Waals surface area contributed by atoms with Crippen LogP contribution in [0.2, 0.25) is 0 Å². The number of hydrogen-bond donors (Lipinski definition) is 1. The Morgan fingerprint density at radius 3 is 2.56 bits per heavy atom. The molecule has 1 unspecified atom stereocenters. The highest BCUT2D eigenvalue weighted by molar-refractivity contribution is 9.10. The van der Waals surface area contributed by atoms with Crippen molar-refractivity contribution in [3.63, 3.8) is 0 Å². The Morgan fingerprint density at radius 1 is 1.22 bits per heavy atom. The molecule has 0 radical (unpaired) electrons. The number of hydrogen-bond acceptors (Lipinski definition) is 4. The van der Waals surface area contributed by atoms with Gasteiger partial charge in [0.2, 0.25) is 0 Å². The molecule has 96 valence electrons. The minimum Gasteiger partial charge on any atom is -0.399 e. The van der Waals surface area contributed by atoms with Crippen LogP contribution in [0.25, 0.3) is 11.4 Å². The van der Waals surface area contributed by atoms with Crippen molar-refractivity contribution >= 4 is 21.6 Å². The first-order chi connectivity index (χ1) is 8.49. The van der Waals surface area contributed by atoms with E-state index in [0.29, 0.717) is 11.6 Å². The van der Waals surface area contributed by atoms with Crippen LogP contribution in [0.4, 0.5) is 5.69 Å². The zero-order valence-corrected chi connectivity index (χ0v) is 12.2. The van der Waals surface area contributed by atoms with E-state index in [4.69, 9.17) is 5.73 Å².